The molecule has 0 N–H and O–H groups in total. The van der Waals surface area contributed by atoms with Gasteiger partial charge in [-0.25, -0.2) is 0 Å². The first-order valence-electron chi connectivity index (χ1n) is 15.1. The highest BCUT2D eigenvalue weighted by molar-refractivity contribution is 6.62. The van der Waals surface area contributed by atoms with Gasteiger partial charge in [-0.05, 0) is 69.0 Å². The van der Waals surface area contributed by atoms with Crippen molar-refractivity contribution >= 4 is 12.6 Å². The highest BCUT2D eigenvalue weighted by atomic mass is 16.7. The van der Waals surface area contributed by atoms with Crippen molar-refractivity contribution in [3.63, 3.8) is 0 Å². The quantitative estimate of drug-likeness (QED) is 0.162. The zero-order valence-electron chi connectivity index (χ0n) is 24.7. The molecule has 2 nitrogen and oxygen atoms in total. The second-order valence-electron chi connectivity index (χ2n) is 12.3. The highest BCUT2D eigenvalue weighted by Gasteiger charge is 2.51. The third-order valence-electron chi connectivity index (χ3n) is 8.74. The van der Waals surface area contributed by atoms with Gasteiger partial charge in [0.1, 0.15) is 0 Å². The van der Waals surface area contributed by atoms with Crippen LogP contribution in [0, 0.1) is 11.8 Å². The largest absolute Gasteiger partial charge is 0.494 e. The van der Waals surface area contributed by atoms with Gasteiger partial charge in [0.15, 0.2) is 0 Å². The highest BCUT2D eigenvalue weighted by Crippen LogP contribution is 2.36. The van der Waals surface area contributed by atoms with Gasteiger partial charge in [0.25, 0.3) is 0 Å². The Morgan fingerprint density at radius 1 is 0.629 bits per heavy atom. The van der Waals surface area contributed by atoms with Gasteiger partial charge in [0, 0.05) is 0 Å². The van der Waals surface area contributed by atoms with Crippen LogP contribution in [0.4, 0.5) is 0 Å². The van der Waals surface area contributed by atoms with E-state index in [1.54, 1.807) is 0 Å². The molecule has 1 fully saturated rings. The van der Waals surface area contributed by atoms with Crippen LogP contribution >= 0.6 is 0 Å². The second kappa shape index (κ2) is 14.8. The van der Waals surface area contributed by atoms with Crippen LogP contribution in [-0.2, 0) is 22.2 Å². The number of hydrogen-bond acceptors (Lipinski definition) is 2. The van der Waals surface area contributed by atoms with Crippen LogP contribution in [-0.4, -0.2) is 18.3 Å². The maximum Gasteiger partial charge on any atom is 0.494 e. The Bertz CT molecular complexity index is 670. The summed E-state index contributed by atoms with van der Waals surface area (Å²) in [7, 11) is -0.270. The van der Waals surface area contributed by atoms with Crippen LogP contribution < -0.4 is 5.46 Å². The minimum absolute atomic E-state index is 0.270. The Hall–Kier alpha value is -0.795. The number of benzene rings is 1. The number of rotatable bonds is 17. The standard InChI is InChI=1S/C32H57BO2/c1-9-13-15-17-19-26(11-3)21-28-23-29(22-27(12-4)20-18-16-14-10-2)25-30(24-28)33-34-31(5,6)32(7,8)35-33/h23-27H,9-22H2,1-8H3. The average molecular weight is 485 g/mol. The summed E-state index contributed by atoms with van der Waals surface area (Å²) in [5.74, 6) is 1.54. The molecule has 0 bridgehead atoms. The van der Waals surface area contributed by atoms with Crippen LogP contribution in [0.15, 0.2) is 18.2 Å². The van der Waals surface area contributed by atoms with E-state index in [4.69, 9.17) is 9.31 Å². The predicted octanol–water partition coefficient (Wildman–Crippen LogP) is 9.06. The van der Waals surface area contributed by atoms with Crippen molar-refractivity contribution < 1.29 is 9.31 Å². The van der Waals surface area contributed by atoms with Gasteiger partial charge in [0.05, 0.1) is 11.2 Å². The first-order valence-corrected chi connectivity index (χ1v) is 15.1. The average Bonchev–Trinajstić information content (AvgIpc) is 3.04. The van der Waals surface area contributed by atoms with Crippen LogP contribution in [0.3, 0.4) is 0 Å². The van der Waals surface area contributed by atoms with Crippen molar-refractivity contribution in [2.75, 3.05) is 0 Å². The molecule has 2 unspecified atom stereocenters. The van der Waals surface area contributed by atoms with Crippen LogP contribution in [0.2, 0.25) is 0 Å². The van der Waals surface area contributed by atoms with Gasteiger partial charge in [-0.1, -0.05) is 123 Å². The minimum atomic E-state index is -0.301. The van der Waals surface area contributed by atoms with Gasteiger partial charge in [-0.2, -0.15) is 0 Å². The molecule has 2 atom stereocenters. The lowest BCUT2D eigenvalue weighted by atomic mass is 9.75. The molecule has 0 saturated carbocycles. The fourth-order valence-corrected chi connectivity index (χ4v) is 5.43. The van der Waals surface area contributed by atoms with Crippen LogP contribution in [0.5, 0.6) is 0 Å². The molecule has 0 aliphatic carbocycles. The van der Waals surface area contributed by atoms with Gasteiger partial charge in [0.2, 0.25) is 0 Å². The van der Waals surface area contributed by atoms with E-state index in [1.165, 1.54) is 106 Å². The SMILES string of the molecule is CCCCCCC(CC)Cc1cc(CC(CC)CCCCCC)cc(B2OC(C)(C)C(C)(C)O2)c1. The Kier molecular flexibility index (Phi) is 12.9. The van der Waals surface area contributed by atoms with Crippen molar-refractivity contribution in [1.29, 1.82) is 0 Å². The summed E-state index contributed by atoms with van der Waals surface area (Å²) < 4.78 is 13.0. The molecule has 1 saturated heterocycles. The van der Waals surface area contributed by atoms with E-state index < -0.39 is 0 Å². The third-order valence-corrected chi connectivity index (χ3v) is 8.74. The van der Waals surface area contributed by atoms with E-state index in [0.29, 0.717) is 0 Å². The fraction of sp³-hybridized carbons (Fsp3) is 0.812. The molecule has 1 heterocycles. The molecule has 3 heteroatoms. The minimum Gasteiger partial charge on any atom is -0.399 e. The van der Waals surface area contributed by atoms with Gasteiger partial charge in [-0.15, -0.1) is 0 Å². The fourth-order valence-electron chi connectivity index (χ4n) is 5.43. The molecule has 1 aliphatic heterocycles. The molecular formula is C32H57BO2. The van der Waals surface area contributed by atoms with E-state index in [1.807, 2.05) is 0 Å². The molecule has 0 amide bonds. The maximum absolute atomic E-state index is 6.48. The maximum atomic E-state index is 6.48. The Morgan fingerprint density at radius 2 is 1.06 bits per heavy atom. The number of hydrogen-bond donors (Lipinski definition) is 0. The van der Waals surface area contributed by atoms with Crippen LogP contribution in [0.25, 0.3) is 0 Å². The van der Waals surface area contributed by atoms with Crippen molar-refractivity contribution in [1.82, 2.24) is 0 Å². The van der Waals surface area contributed by atoms with Crippen molar-refractivity contribution in [3.05, 3.63) is 29.3 Å². The van der Waals surface area contributed by atoms with E-state index in [2.05, 4.69) is 73.6 Å². The summed E-state index contributed by atoms with van der Waals surface area (Å²) in [6, 6.07) is 7.29. The van der Waals surface area contributed by atoms with E-state index in [0.717, 1.165) is 11.8 Å². The Labute approximate surface area is 219 Å². The molecule has 2 rings (SSSR count). The van der Waals surface area contributed by atoms with Crippen LogP contribution in [0.1, 0.15) is 144 Å². The molecule has 1 aromatic carbocycles. The lowest BCUT2D eigenvalue weighted by molar-refractivity contribution is 0.00578. The lowest BCUT2D eigenvalue weighted by Gasteiger charge is -2.32. The monoisotopic (exact) mass is 484 g/mol. The smallest absolute Gasteiger partial charge is 0.399 e. The summed E-state index contributed by atoms with van der Waals surface area (Å²) in [5.41, 5.74) is 3.58. The van der Waals surface area contributed by atoms with Crippen molar-refractivity contribution in [2.24, 2.45) is 11.8 Å². The molecule has 35 heavy (non-hydrogen) atoms. The van der Waals surface area contributed by atoms with E-state index in [9.17, 15) is 0 Å². The normalized spacial score (nSPS) is 18.7. The molecule has 0 radical (unpaired) electrons. The molecule has 1 aliphatic rings. The first kappa shape index (κ1) is 30.4. The third kappa shape index (κ3) is 9.54. The Balaban J connectivity index is 2.22. The molecule has 0 spiro atoms. The summed E-state index contributed by atoms with van der Waals surface area (Å²) >= 11 is 0. The first-order chi connectivity index (χ1) is 16.7. The summed E-state index contributed by atoms with van der Waals surface area (Å²) in [5, 5.41) is 0. The predicted molar refractivity (Wildman–Crippen MR) is 155 cm³/mol. The second-order valence-corrected chi connectivity index (χ2v) is 12.3. The summed E-state index contributed by atoms with van der Waals surface area (Å²) in [6.07, 6.45) is 18.4. The molecular weight excluding hydrogens is 427 g/mol. The number of unbranched alkanes of at least 4 members (excludes halogenated alkanes) is 6. The molecule has 0 aromatic heterocycles. The topological polar surface area (TPSA) is 18.5 Å². The van der Waals surface area contributed by atoms with Gasteiger partial charge in [-0.3, -0.25) is 0 Å². The summed E-state index contributed by atoms with van der Waals surface area (Å²) in [6.45, 7) is 18.0. The van der Waals surface area contributed by atoms with Gasteiger partial charge >= 0.3 is 7.12 Å². The van der Waals surface area contributed by atoms with Crippen molar-refractivity contribution in [2.45, 2.75) is 156 Å². The zero-order valence-corrected chi connectivity index (χ0v) is 24.7. The zero-order chi connectivity index (χ0) is 25.9. The van der Waals surface area contributed by atoms with Gasteiger partial charge < -0.3 is 9.31 Å². The van der Waals surface area contributed by atoms with E-state index in [-0.39, 0.29) is 18.3 Å². The van der Waals surface area contributed by atoms with E-state index >= 15 is 0 Å². The lowest BCUT2D eigenvalue weighted by Crippen LogP contribution is -2.41. The summed E-state index contributed by atoms with van der Waals surface area (Å²) in [4.78, 5) is 0. The molecule has 200 valence electrons. The van der Waals surface area contributed by atoms with Crippen molar-refractivity contribution in [3.8, 4) is 0 Å². The molecule has 1 aromatic rings. The Morgan fingerprint density at radius 3 is 1.43 bits per heavy atom.